The van der Waals surface area contributed by atoms with Gasteiger partial charge < -0.3 is 14.7 Å². The first-order chi connectivity index (χ1) is 10.2. The summed E-state index contributed by atoms with van der Waals surface area (Å²) in [6.45, 7) is 3.73. The van der Waals surface area contributed by atoms with Crippen molar-refractivity contribution < 1.29 is 14.6 Å². The van der Waals surface area contributed by atoms with E-state index in [9.17, 15) is 9.90 Å². The zero-order valence-electron chi connectivity index (χ0n) is 12.1. The molecule has 0 saturated carbocycles. The molecular weight excluding hydrogens is 266 g/mol. The fourth-order valence-electron chi connectivity index (χ4n) is 2.81. The van der Waals surface area contributed by atoms with Crippen molar-refractivity contribution in [1.82, 2.24) is 4.90 Å². The molecule has 1 amide bonds. The molecule has 1 saturated heterocycles. The molecule has 4 heteroatoms. The third kappa shape index (κ3) is 2.59. The summed E-state index contributed by atoms with van der Waals surface area (Å²) in [5, 5.41) is 12.1. The number of hydrogen-bond acceptors (Lipinski definition) is 3. The van der Waals surface area contributed by atoms with Gasteiger partial charge >= 0.3 is 0 Å². The first-order valence-electron chi connectivity index (χ1n) is 7.31. The third-order valence-corrected chi connectivity index (χ3v) is 4.05. The van der Waals surface area contributed by atoms with Crippen LogP contribution in [-0.2, 0) is 4.74 Å². The maximum Gasteiger partial charge on any atom is 0.258 e. The van der Waals surface area contributed by atoms with E-state index in [4.69, 9.17) is 4.74 Å². The van der Waals surface area contributed by atoms with Crippen molar-refractivity contribution >= 4 is 16.7 Å². The topological polar surface area (TPSA) is 49.8 Å². The molecule has 2 aromatic rings. The van der Waals surface area contributed by atoms with Crippen molar-refractivity contribution in [2.75, 3.05) is 19.8 Å². The Balaban J connectivity index is 1.98. The van der Waals surface area contributed by atoms with E-state index < -0.39 is 0 Å². The van der Waals surface area contributed by atoms with Crippen LogP contribution in [0.15, 0.2) is 36.4 Å². The number of rotatable bonds is 2. The molecule has 0 spiro atoms. The second kappa shape index (κ2) is 5.74. The maximum absolute atomic E-state index is 12.7. The number of hydrogen-bond donors (Lipinski definition) is 1. The second-order valence-electron chi connectivity index (χ2n) is 5.35. The van der Waals surface area contributed by atoms with Crippen LogP contribution in [0.2, 0.25) is 0 Å². The molecule has 1 fully saturated rings. The van der Waals surface area contributed by atoms with E-state index in [2.05, 4.69) is 0 Å². The minimum atomic E-state index is -0.117. The molecule has 0 aliphatic carbocycles. The molecule has 110 valence electrons. The van der Waals surface area contributed by atoms with E-state index >= 15 is 0 Å². The number of phenolic OH excluding ortho intramolecular Hbond substituents is 1. The number of aromatic hydroxyl groups is 1. The monoisotopic (exact) mass is 285 g/mol. The maximum atomic E-state index is 12.7. The van der Waals surface area contributed by atoms with Crippen LogP contribution in [0.4, 0.5) is 0 Å². The van der Waals surface area contributed by atoms with Crippen LogP contribution in [0.3, 0.4) is 0 Å². The molecule has 0 aromatic heterocycles. The van der Waals surface area contributed by atoms with E-state index in [1.165, 1.54) is 0 Å². The molecule has 3 rings (SSSR count). The molecule has 0 radical (unpaired) electrons. The van der Waals surface area contributed by atoms with Crippen LogP contribution in [0.5, 0.6) is 5.75 Å². The number of carbonyl (C=O) groups excluding carboxylic acids is 1. The summed E-state index contributed by atoms with van der Waals surface area (Å²) in [6, 6.07) is 11.2. The predicted molar refractivity (Wildman–Crippen MR) is 81.5 cm³/mol. The minimum Gasteiger partial charge on any atom is -0.507 e. The first-order valence-corrected chi connectivity index (χ1v) is 7.31. The molecule has 1 heterocycles. The quantitative estimate of drug-likeness (QED) is 0.923. The number of benzene rings is 2. The summed E-state index contributed by atoms with van der Waals surface area (Å²) in [6.07, 6.45) is 0.847. The normalized spacial score (nSPS) is 18.9. The number of morpholine rings is 1. The summed E-state index contributed by atoms with van der Waals surface area (Å²) in [5.74, 6) is -0.0755. The second-order valence-corrected chi connectivity index (χ2v) is 5.35. The summed E-state index contributed by atoms with van der Waals surface area (Å²) in [5.41, 5.74) is 0.369. The minimum absolute atomic E-state index is 0.0417. The highest BCUT2D eigenvalue weighted by molar-refractivity contribution is 6.01. The average molecular weight is 285 g/mol. The Morgan fingerprint density at radius 3 is 2.76 bits per heavy atom. The van der Waals surface area contributed by atoms with Gasteiger partial charge in [0.2, 0.25) is 0 Å². The SMILES string of the molecule is CCC1COCCN1C(=O)c1cc2ccccc2cc1O. The largest absolute Gasteiger partial charge is 0.507 e. The Hall–Kier alpha value is -2.07. The van der Waals surface area contributed by atoms with Crippen molar-refractivity contribution in [2.24, 2.45) is 0 Å². The van der Waals surface area contributed by atoms with Crippen LogP contribution in [0.25, 0.3) is 10.8 Å². The lowest BCUT2D eigenvalue weighted by molar-refractivity contribution is -0.00292. The van der Waals surface area contributed by atoms with Crippen molar-refractivity contribution in [3.05, 3.63) is 42.0 Å². The Labute approximate surface area is 123 Å². The van der Waals surface area contributed by atoms with Gasteiger partial charge in [-0.2, -0.15) is 0 Å². The number of amides is 1. The molecule has 1 unspecified atom stereocenters. The van der Waals surface area contributed by atoms with E-state index in [-0.39, 0.29) is 17.7 Å². The number of ether oxygens (including phenoxy) is 1. The smallest absolute Gasteiger partial charge is 0.258 e. The summed E-state index contributed by atoms with van der Waals surface area (Å²) < 4.78 is 5.43. The number of carbonyl (C=O) groups is 1. The van der Waals surface area contributed by atoms with Crippen molar-refractivity contribution in [1.29, 1.82) is 0 Å². The molecule has 2 aromatic carbocycles. The van der Waals surface area contributed by atoms with Gasteiger partial charge in [-0.15, -0.1) is 0 Å². The Morgan fingerprint density at radius 1 is 1.33 bits per heavy atom. The highest BCUT2D eigenvalue weighted by Crippen LogP contribution is 2.27. The predicted octanol–water partition coefficient (Wildman–Crippen LogP) is 2.80. The number of nitrogens with zero attached hydrogens (tertiary/aromatic N) is 1. The van der Waals surface area contributed by atoms with E-state index in [1.807, 2.05) is 36.1 Å². The van der Waals surface area contributed by atoms with Crippen LogP contribution < -0.4 is 0 Å². The van der Waals surface area contributed by atoms with E-state index in [0.717, 1.165) is 17.2 Å². The van der Waals surface area contributed by atoms with E-state index in [1.54, 1.807) is 12.1 Å². The van der Waals surface area contributed by atoms with Gasteiger partial charge in [-0.25, -0.2) is 0 Å². The molecule has 0 bridgehead atoms. The lowest BCUT2D eigenvalue weighted by atomic mass is 10.0. The van der Waals surface area contributed by atoms with Gasteiger partial charge in [-0.1, -0.05) is 31.2 Å². The van der Waals surface area contributed by atoms with Gasteiger partial charge in [0, 0.05) is 6.54 Å². The Kier molecular flexibility index (Phi) is 3.80. The fraction of sp³-hybridized carbons (Fsp3) is 0.353. The number of phenols is 1. The van der Waals surface area contributed by atoms with Gasteiger partial charge in [0.05, 0.1) is 24.8 Å². The van der Waals surface area contributed by atoms with Crippen molar-refractivity contribution in [2.45, 2.75) is 19.4 Å². The van der Waals surface area contributed by atoms with Gasteiger partial charge in [-0.3, -0.25) is 4.79 Å². The van der Waals surface area contributed by atoms with Crippen LogP contribution >= 0.6 is 0 Å². The number of fused-ring (bicyclic) bond motifs is 1. The molecule has 21 heavy (non-hydrogen) atoms. The summed E-state index contributed by atoms with van der Waals surface area (Å²) in [4.78, 5) is 14.6. The van der Waals surface area contributed by atoms with Gasteiger partial charge in [-0.05, 0) is 29.3 Å². The Bertz CT molecular complexity index is 668. The summed E-state index contributed by atoms with van der Waals surface area (Å²) in [7, 11) is 0. The molecule has 1 aliphatic heterocycles. The van der Waals surface area contributed by atoms with E-state index in [0.29, 0.717) is 25.3 Å². The molecule has 1 aliphatic rings. The molecular formula is C17H19NO3. The van der Waals surface area contributed by atoms with Crippen LogP contribution in [-0.4, -0.2) is 41.7 Å². The third-order valence-electron chi connectivity index (χ3n) is 4.05. The first kappa shape index (κ1) is 13.9. The van der Waals surface area contributed by atoms with Gasteiger partial charge in [0.1, 0.15) is 5.75 Å². The van der Waals surface area contributed by atoms with Crippen molar-refractivity contribution in [3.63, 3.8) is 0 Å². The lowest BCUT2D eigenvalue weighted by Gasteiger charge is -2.35. The standard InChI is InChI=1S/C17H19NO3/c1-2-14-11-21-8-7-18(14)17(20)15-9-12-5-3-4-6-13(12)10-16(15)19/h3-6,9-10,14,19H,2,7-8,11H2,1H3. The van der Waals surface area contributed by atoms with Gasteiger partial charge in [0.25, 0.3) is 5.91 Å². The van der Waals surface area contributed by atoms with Crippen LogP contribution in [0, 0.1) is 0 Å². The lowest BCUT2D eigenvalue weighted by Crippen LogP contribution is -2.48. The fourth-order valence-corrected chi connectivity index (χ4v) is 2.81. The zero-order chi connectivity index (χ0) is 14.8. The average Bonchev–Trinajstić information content (AvgIpc) is 2.53. The highest BCUT2D eigenvalue weighted by atomic mass is 16.5. The van der Waals surface area contributed by atoms with Crippen molar-refractivity contribution in [3.8, 4) is 5.75 Å². The molecule has 1 N–H and O–H groups in total. The highest BCUT2D eigenvalue weighted by Gasteiger charge is 2.28. The molecule has 4 nitrogen and oxygen atoms in total. The summed E-state index contributed by atoms with van der Waals surface area (Å²) >= 11 is 0. The zero-order valence-corrected chi connectivity index (χ0v) is 12.1. The van der Waals surface area contributed by atoms with Gasteiger partial charge in [0.15, 0.2) is 0 Å². The molecule has 1 atom stereocenters. The Morgan fingerprint density at radius 2 is 2.05 bits per heavy atom. The van der Waals surface area contributed by atoms with Crippen LogP contribution in [0.1, 0.15) is 23.7 Å².